The Balaban J connectivity index is 1.63. The quantitative estimate of drug-likeness (QED) is 0.840. The van der Waals surface area contributed by atoms with Crippen LogP contribution in [0.4, 0.5) is 0 Å². The molecule has 2 fully saturated rings. The number of rotatable bonds is 3. The van der Waals surface area contributed by atoms with E-state index in [1.165, 1.54) is 18.4 Å². The van der Waals surface area contributed by atoms with Crippen molar-refractivity contribution in [2.45, 2.75) is 36.4 Å². The number of hydrogen-bond acceptors (Lipinski definition) is 3. The van der Waals surface area contributed by atoms with E-state index in [0.717, 1.165) is 6.54 Å². The minimum absolute atomic E-state index is 0.298. The predicted octanol–water partition coefficient (Wildman–Crippen LogP) is 2.22. The van der Waals surface area contributed by atoms with Crippen molar-refractivity contribution in [2.75, 3.05) is 6.54 Å². The van der Waals surface area contributed by atoms with Gasteiger partial charge in [-0.15, -0.1) is 0 Å². The van der Waals surface area contributed by atoms with Crippen molar-refractivity contribution >= 4 is 15.9 Å². The minimum atomic E-state index is 0.298. The van der Waals surface area contributed by atoms with E-state index in [-0.39, 0.29) is 0 Å². The Morgan fingerprint density at radius 3 is 2.89 bits per heavy atom. The summed E-state index contributed by atoms with van der Waals surface area (Å²) in [5, 5.41) is 0. The molecule has 1 aromatic rings. The van der Waals surface area contributed by atoms with Crippen molar-refractivity contribution in [3.63, 3.8) is 0 Å². The van der Waals surface area contributed by atoms with Gasteiger partial charge in [0, 0.05) is 23.3 Å². The highest BCUT2D eigenvalue weighted by Gasteiger charge is 2.41. The lowest BCUT2D eigenvalue weighted by Gasteiger charge is -2.36. The zero-order valence-electron chi connectivity index (χ0n) is 10.3. The SMILES string of the molecule is BrC1CCC2NNCC2C1OCc1ccccc1. The van der Waals surface area contributed by atoms with Gasteiger partial charge in [0.05, 0.1) is 12.7 Å². The highest BCUT2D eigenvalue weighted by Crippen LogP contribution is 2.33. The summed E-state index contributed by atoms with van der Waals surface area (Å²) in [6.07, 6.45) is 2.69. The number of fused-ring (bicyclic) bond motifs is 1. The van der Waals surface area contributed by atoms with E-state index in [2.05, 4.69) is 51.0 Å². The zero-order chi connectivity index (χ0) is 12.4. The van der Waals surface area contributed by atoms with Gasteiger partial charge in [-0.2, -0.15) is 0 Å². The second-order valence-corrected chi connectivity index (χ2v) is 6.33. The second kappa shape index (κ2) is 5.70. The first-order chi connectivity index (χ1) is 8.84. The molecule has 18 heavy (non-hydrogen) atoms. The number of ether oxygens (including phenoxy) is 1. The van der Waals surface area contributed by atoms with Gasteiger partial charge in [0.2, 0.25) is 0 Å². The molecule has 3 rings (SSSR count). The van der Waals surface area contributed by atoms with Crippen LogP contribution in [0.1, 0.15) is 18.4 Å². The van der Waals surface area contributed by atoms with Gasteiger partial charge in [-0.3, -0.25) is 10.9 Å². The van der Waals surface area contributed by atoms with Gasteiger partial charge < -0.3 is 4.74 Å². The molecule has 1 saturated carbocycles. The van der Waals surface area contributed by atoms with Gasteiger partial charge in [0.15, 0.2) is 0 Å². The summed E-state index contributed by atoms with van der Waals surface area (Å²) in [5.41, 5.74) is 7.87. The van der Waals surface area contributed by atoms with Crippen LogP contribution in [0.25, 0.3) is 0 Å². The van der Waals surface area contributed by atoms with Crippen LogP contribution < -0.4 is 10.9 Å². The van der Waals surface area contributed by atoms with Crippen LogP contribution in [0.3, 0.4) is 0 Å². The third kappa shape index (κ3) is 2.62. The second-order valence-electron chi connectivity index (χ2n) is 5.15. The first-order valence-electron chi connectivity index (χ1n) is 6.62. The molecule has 1 aliphatic carbocycles. The summed E-state index contributed by atoms with van der Waals surface area (Å²) in [6.45, 7) is 1.71. The maximum absolute atomic E-state index is 6.17. The van der Waals surface area contributed by atoms with Crippen LogP contribution in [-0.4, -0.2) is 23.5 Å². The Kier molecular flexibility index (Phi) is 3.99. The van der Waals surface area contributed by atoms with Crippen molar-refractivity contribution in [3.05, 3.63) is 35.9 Å². The molecule has 0 aromatic heterocycles. The molecule has 3 nitrogen and oxygen atoms in total. The first-order valence-corrected chi connectivity index (χ1v) is 7.54. The molecule has 4 unspecified atom stereocenters. The topological polar surface area (TPSA) is 33.3 Å². The van der Waals surface area contributed by atoms with E-state index < -0.39 is 0 Å². The Hall–Kier alpha value is -0.420. The maximum atomic E-state index is 6.17. The van der Waals surface area contributed by atoms with Gasteiger partial charge in [0.1, 0.15) is 0 Å². The van der Waals surface area contributed by atoms with Crippen molar-refractivity contribution in [2.24, 2.45) is 5.92 Å². The fourth-order valence-corrected chi connectivity index (χ4v) is 3.76. The molecule has 4 heteroatoms. The Morgan fingerprint density at radius 2 is 2.06 bits per heavy atom. The fourth-order valence-electron chi connectivity index (χ4n) is 2.95. The average Bonchev–Trinajstić information content (AvgIpc) is 2.87. The molecule has 0 spiro atoms. The minimum Gasteiger partial charge on any atom is -0.372 e. The van der Waals surface area contributed by atoms with Crippen molar-refractivity contribution in [1.29, 1.82) is 0 Å². The van der Waals surface area contributed by atoms with Crippen molar-refractivity contribution < 1.29 is 4.74 Å². The molecule has 0 radical (unpaired) electrons. The van der Waals surface area contributed by atoms with E-state index in [4.69, 9.17) is 4.74 Å². The summed E-state index contributed by atoms with van der Waals surface area (Å²) in [4.78, 5) is 0.476. The van der Waals surface area contributed by atoms with Gasteiger partial charge >= 0.3 is 0 Å². The smallest absolute Gasteiger partial charge is 0.0760 e. The highest BCUT2D eigenvalue weighted by molar-refractivity contribution is 9.09. The van der Waals surface area contributed by atoms with Crippen LogP contribution in [-0.2, 0) is 11.3 Å². The van der Waals surface area contributed by atoms with Crippen LogP contribution in [0.5, 0.6) is 0 Å². The zero-order valence-corrected chi connectivity index (χ0v) is 11.9. The van der Waals surface area contributed by atoms with Crippen LogP contribution in [0, 0.1) is 5.92 Å². The number of halogens is 1. The molecule has 98 valence electrons. The fraction of sp³-hybridized carbons (Fsp3) is 0.571. The number of alkyl halides is 1. The average molecular weight is 311 g/mol. The van der Waals surface area contributed by atoms with E-state index in [1.54, 1.807) is 0 Å². The largest absolute Gasteiger partial charge is 0.372 e. The Morgan fingerprint density at radius 1 is 1.22 bits per heavy atom. The van der Waals surface area contributed by atoms with E-state index in [1.807, 2.05) is 6.07 Å². The summed E-state index contributed by atoms with van der Waals surface area (Å²) >= 11 is 3.78. The van der Waals surface area contributed by atoms with E-state index >= 15 is 0 Å². The molecule has 1 saturated heterocycles. The number of benzene rings is 1. The van der Waals surface area contributed by atoms with Gasteiger partial charge in [-0.1, -0.05) is 46.3 Å². The highest BCUT2D eigenvalue weighted by atomic mass is 79.9. The third-order valence-electron chi connectivity index (χ3n) is 3.96. The number of nitrogens with one attached hydrogen (secondary N) is 2. The molecule has 1 heterocycles. The lowest BCUT2D eigenvalue weighted by molar-refractivity contribution is -0.0138. The van der Waals surface area contributed by atoms with Crippen molar-refractivity contribution in [1.82, 2.24) is 10.9 Å². The van der Waals surface area contributed by atoms with Gasteiger partial charge in [-0.25, -0.2) is 0 Å². The lowest BCUT2D eigenvalue weighted by Crippen LogP contribution is -2.45. The van der Waals surface area contributed by atoms with E-state index in [9.17, 15) is 0 Å². The lowest BCUT2D eigenvalue weighted by atomic mass is 9.83. The molecule has 1 aromatic carbocycles. The monoisotopic (exact) mass is 310 g/mol. The molecule has 2 aliphatic rings. The summed E-state index contributed by atoms with van der Waals surface area (Å²) in [6, 6.07) is 11.0. The van der Waals surface area contributed by atoms with Crippen molar-refractivity contribution in [3.8, 4) is 0 Å². The number of hydrogen-bond donors (Lipinski definition) is 2. The Labute approximate surface area is 116 Å². The molecule has 0 bridgehead atoms. The van der Waals surface area contributed by atoms with Crippen LogP contribution >= 0.6 is 15.9 Å². The van der Waals surface area contributed by atoms with E-state index in [0.29, 0.717) is 29.5 Å². The molecule has 0 amide bonds. The van der Waals surface area contributed by atoms with Gasteiger partial charge in [0.25, 0.3) is 0 Å². The standard InChI is InChI=1S/C14H19BrN2O/c15-12-6-7-13-11(8-16-17-13)14(12)18-9-10-4-2-1-3-5-10/h1-5,11-14,16-17H,6-9H2. The Bertz CT molecular complexity index is 387. The molecule has 2 N–H and O–H groups in total. The molecule has 4 atom stereocenters. The molecular formula is C14H19BrN2O. The predicted molar refractivity (Wildman–Crippen MR) is 75.4 cm³/mol. The normalized spacial score (nSPS) is 35.4. The first kappa shape index (κ1) is 12.6. The summed E-state index contributed by atoms with van der Waals surface area (Å²) in [7, 11) is 0. The molecule has 1 aliphatic heterocycles. The van der Waals surface area contributed by atoms with Gasteiger partial charge in [-0.05, 0) is 18.4 Å². The number of hydrazine groups is 1. The maximum Gasteiger partial charge on any atom is 0.0760 e. The summed E-state index contributed by atoms with van der Waals surface area (Å²) < 4.78 is 6.17. The third-order valence-corrected chi connectivity index (χ3v) is 4.94. The molecular weight excluding hydrogens is 292 g/mol. The summed E-state index contributed by atoms with van der Waals surface area (Å²) in [5.74, 6) is 0.576. The van der Waals surface area contributed by atoms with Crippen LogP contribution in [0.15, 0.2) is 30.3 Å². The van der Waals surface area contributed by atoms with Crippen LogP contribution in [0.2, 0.25) is 0 Å².